The molecule has 108 valence electrons. The Kier molecular flexibility index (Phi) is 5.54. The van der Waals surface area contributed by atoms with E-state index in [2.05, 4.69) is 55.3 Å². The molecule has 2 atom stereocenters. The number of nitrogens with zero attached hydrogens (tertiary/aromatic N) is 1. The van der Waals surface area contributed by atoms with E-state index in [0.29, 0.717) is 6.04 Å². The maximum absolute atomic E-state index is 4.60. The number of rotatable bonds is 7. The average molecular weight is 270 g/mol. The number of hydrogen-bond acceptors (Lipinski definition) is 2. The molecule has 2 aromatic rings. The fourth-order valence-corrected chi connectivity index (χ4v) is 2.50. The minimum Gasteiger partial charge on any atom is -0.310 e. The zero-order valence-electron chi connectivity index (χ0n) is 12.9. The van der Waals surface area contributed by atoms with Gasteiger partial charge in [0.05, 0.1) is 5.52 Å². The summed E-state index contributed by atoms with van der Waals surface area (Å²) >= 11 is 0. The summed E-state index contributed by atoms with van der Waals surface area (Å²) in [6, 6.07) is 11.0. The fourth-order valence-electron chi connectivity index (χ4n) is 2.50. The van der Waals surface area contributed by atoms with Crippen molar-refractivity contribution < 1.29 is 0 Å². The number of hydrogen-bond donors (Lipinski definition) is 1. The van der Waals surface area contributed by atoms with E-state index in [0.717, 1.165) is 24.4 Å². The molecular formula is C18H26N2. The molecule has 0 saturated heterocycles. The summed E-state index contributed by atoms with van der Waals surface area (Å²) < 4.78 is 0. The zero-order valence-corrected chi connectivity index (χ0v) is 12.9. The summed E-state index contributed by atoms with van der Waals surface area (Å²) in [5, 5.41) is 4.91. The summed E-state index contributed by atoms with van der Waals surface area (Å²) in [4.78, 5) is 4.60. The van der Waals surface area contributed by atoms with E-state index in [1.165, 1.54) is 23.8 Å². The Balaban J connectivity index is 2.24. The molecule has 1 aromatic carbocycles. The van der Waals surface area contributed by atoms with Crippen LogP contribution in [-0.2, 0) is 0 Å². The van der Waals surface area contributed by atoms with E-state index < -0.39 is 0 Å². The van der Waals surface area contributed by atoms with Crippen LogP contribution in [0.3, 0.4) is 0 Å². The third kappa shape index (κ3) is 3.80. The van der Waals surface area contributed by atoms with Crippen molar-refractivity contribution in [1.29, 1.82) is 0 Å². The number of benzene rings is 1. The Hall–Kier alpha value is -1.41. The van der Waals surface area contributed by atoms with Gasteiger partial charge in [0.15, 0.2) is 0 Å². The van der Waals surface area contributed by atoms with Crippen molar-refractivity contribution >= 4 is 10.9 Å². The molecule has 2 nitrogen and oxygen atoms in total. The first-order valence-corrected chi connectivity index (χ1v) is 7.82. The lowest BCUT2D eigenvalue weighted by Gasteiger charge is -2.22. The van der Waals surface area contributed by atoms with E-state index in [1.54, 1.807) is 0 Å². The van der Waals surface area contributed by atoms with Crippen LogP contribution in [0.15, 0.2) is 36.5 Å². The third-order valence-corrected chi connectivity index (χ3v) is 3.99. The van der Waals surface area contributed by atoms with Crippen molar-refractivity contribution in [1.82, 2.24) is 10.3 Å². The first-order chi connectivity index (χ1) is 9.74. The molecular weight excluding hydrogens is 244 g/mol. The number of fused-ring (bicyclic) bond motifs is 1. The predicted octanol–water partition coefficient (Wildman–Crippen LogP) is 4.71. The lowest BCUT2D eigenvalue weighted by molar-refractivity contribution is 0.402. The van der Waals surface area contributed by atoms with Gasteiger partial charge >= 0.3 is 0 Å². The van der Waals surface area contributed by atoms with Gasteiger partial charge in [-0.15, -0.1) is 0 Å². The maximum Gasteiger partial charge on any atom is 0.0702 e. The van der Waals surface area contributed by atoms with Gasteiger partial charge in [-0.25, -0.2) is 0 Å². The minimum atomic E-state index is 0.419. The average Bonchev–Trinajstić information content (AvgIpc) is 2.50. The van der Waals surface area contributed by atoms with Crippen molar-refractivity contribution in [3.05, 3.63) is 42.1 Å². The quantitative estimate of drug-likeness (QED) is 0.788. The van der Waals surface area contributed by atoms with Crippen LogP contribution in [0.25, 0.3) is 10.9 Å². The number of pyridine rings is 1. The second-order valence-electron chi connectivity index (χ2n) is 5.72. The van der Waals surface area contributed by atoms with Crippen LogP contribution in [-0.4, -0.2) is 11.5 Å². The molecule has 0 amide bonds. The predicted molar refractivity (Wildman–Crippen MR) is 86.8 cm³/mol. The normalized spacial score (nSPS) is 14.3. The molecule has 2 unspecified atom stereocenters. The Labute approximate surface area is 122 Å². The van der Waals surface area contributed by atoms with Gasteiger partial charge in [-0.3, -0.25) is 4.98 Å². The van der Waals surface area contributed by atoms with Crippen molar-refractivity contribution in [2.24, 2.45) is 5.92 Å². The van der Waals surface area contributed by atoms with Crippen LogP contribution in [0.1, 0.15) is 51.6 Å². The molecule has 1 heterocycles. The van der Waals surface area contributed by atoms with Crippen molar-refractivity contribution in [3.8, 4) is 0 Å². The molecule has 0 aliphatic carbocycles. The molecule has 20 heavy (non-hydrogen) atoms. The summed E-state index contributed by atoms with van der Waals surface area (Å²) in [5.74, 6) is 0.732. The topological polar surface area (TPSA) is 24.9 Å². The summed E-state index contributed by atoms with van der Waals surface area (Å²) in [5.41, 5.74) is 2.39. The lowest BCUT2D eigenvalue weighted by Crippen LogP contribution is -2.24. The first kappa shape index (κ1) is 15.0. The minimum absolute atomic E-state index is 0.419. The molecule has 0 aliphatic heterocycles. The van der Waals surface area contributed by atoms with Gasteiger partial charge in [-0.1, -0.05) is 45.4 Å². The van der Waals surface area contributed by atoms with E-state index in [1.807, 2.05) is 12.3 Å². The van der Waals surface area contributed by atoms with Crippen LogP contribution in [0.5, 0.6) is 0 Å². The standard InChI is InChI=1S/C18H26N2/c1-4-10-19-18(11-14(3)5-2)16-12-15-8-6-7-9-17(15)20-13-16/h6-9,12-14,18-19H,4-5,10-11H2,1-3H3. The molecule has 1 aromatic heterocycles. The molecule has 1 N–H and O–H groups in total. The first-order valence-electron chi connectivity index (χ1n) is 7.82. The smallest absolute Gasteiger partial charge is 0.0702 e. The van der Waals surface area contributed by atoms with Crippen LogP contribution in [0, 0.1) is 5.92 Å². The molecule has 0 aliphatic rings. The second kappa shape index (κ2) is 7.39. The molecule has 0 radical (unpaired) electrons. The molecule has 2 heteroatoms. The van der Waals surface area contributed by atoms with Crippen LogP contribution >= 0.6 is 0 Å². The van der Waals surface area contributed by atoms with Gasteiger partial charge in [0.2, 0.25) is 0 Å². The highest BCUT2D eigenvalue weighted by Crippen LogP contribution is 2.25. The van der Waals surface area contributed by atoms with E-state index in [4.69, 9.17) is 0 Å². The Morgan fingerprint density at radius 1 is 1.20 bits per heavy atom. The number of nitrogens with one attached hydrogen (secondary N) is 1. The largest absolute Gasteiger partial charge is 0.310 e. The van der Waals surface area contributed by atoms with Crippen molar-refractivity contribution in [2.75, 3.05) is 6.54 Å². The van der Waals surface area contributed by atoms with E-state index in [9.17, 15) is 0 Å². The second-order valence-corrected chi connectivity index (χ2v) is 5.72. The number of aromatic nitrogens is 1. The van der Waals surface area contributed by atoms with Gasteiger partial charge in [-0.05, 0) is 43.0 Å². The number of para-hydroxylation sites is 1. The van der Waals surface area contributed by atoms with Crippen LogP contribution in [0.4, 0.5) is 0 Å². The summed E-state index contributed by atoms with van der Waals surface area (Å²) in [7, 11) is 0. The van der Waals surface area contributed by atoms with Crippen molar-refractivity contribution in [2.45, 2.75) is 46.1 Å². The summed E-state index contributed by atoms with van der Waals surface area (Å²) in [6.45, 7) is 7.87. The molecule has 2 rings (SSSR count). The Bertz CT molecular complexity index is 536. The third-order valence-electron chi connectivity index (χ3n) is 3.99. The van der Waals surface area contributed by atoms with Crippen LogP contribution in [0.2, 0.25) is 0 Å². The van der Waals surface area contributed by atoms with Gasteiger partial charge < -0.3 is 5.32 Å². The van der Waals surface area contributed by atoms with E-state index >= 15 is 0 Å². The molecule has 0 fully saturated rings. The van der Waals surface area contributed by atoms with E-state index in [-0.39, 0.29) is 0 Å². The van der Waals surface area contributed by atoms with Gasteiger partial charge in [0.1, 0.15) is 0 Å². The molecule has 0 spiro atoms. The zero-order chi connectivity index (χ0) is 14.4. The SMILES string of the molecule is CCCNC(CC(C)CC)c1cnc2ccccc2c1. The monoisotopic (exact) mass is 270 g/mol. The fraction of sp³-hybridized carbons (Fsp3) is 0.500. The Morgan fingerprint density at radius 2 is 2.00 bits per heavy atom. The van der Waals surface area contributed by atoms with Gasteiger partial charge in [0.25, 0.3) is 0 Å². The lowest BCUT2D eigenvalue weighted by atomic mass is 9.94. The van der Waals surface area contributed by atoms with Gasteiger partial charge in [-0.2, -0.15) is 0 Å². The Morgan fingerprint density at radius 3 is 2.75 bits per heavy atom. The van der Waals surface area contributed by atoms with Crippen molar-refractivity contribution in [3.63, 3.8) is 0 Å². The van der Waals surface area contributed by atoms with Gasteiger partial charge in [0, 0.05) is 17.6 Å². The highest BCUT2D eigenvalue weighted by atomic mass is 14.9. The maximum atomic E-state index is 4.60. The highest BCUT2D eigenvalue weighted by molar-refractivity contribution is 5.78. The molecule has 0 bridgehead atoms. The molecule has 0 saturated carbocycles. The van der Waals surface area contributed by atoms with Crippen LogP contribution < -0.4 is 5.32 Å². The highest BCUT2D eigenvalue weighted by Gasteiger charge is 2.14. The summed E-state index contributed by atoms with van der Waals surface area (Å²) in [6.07, 6.45) is 5.61.